The van der Waals surface area contributed by atoms with Crippen molar-refractivity contribution in [3.8, 4) is 5.88 Å². The highest BCUT2D eigenvalue weighted by molar-refractivity contribution is 6.22. The van der Waals surface area contributed by atoms with E-state index < -0.39 is 0 Å². The Morgan fingerprint density at radius 2 is 1.75 bits per heavy atom. The van der Waals surface area contributed by atoms with Crippen LogP contribution in [0, 0.1) is 23.7 Å². The van der Waals surface area contributed by atoms with Gasteiger partial charge in [-0.2, -0.15) is 0 Å². The molecule has 6 heteroatoms. The number of hydrogen-bond donors (Lipinski definition) is 0. The van der Waals surface area contributed by atoms with Crippen LogP contribution in [0.1, 0.15) is 6.42 Å². The molecule has 2 amide bonds. The van der Waals surface area contributed by atoms with Crippen molar-refractivity contribution in [2.24, 2.45) is 23.7 Å². The SMILES string of the molecule is COc1ccc(N2C(=O)[C@@H]3[C@H](C2=O)[C@H]2C=C[C@H]3C2)nn1. The van der Waals surface area contributed by atoms with Crippen LogP contribution in [0.5, 0.6) is 5.88 Å². The number of fused-ring (bicyclic) bond motifs is 5. The van der Waals surface area contributed by atoms with Gasteiger partial charge in [0, 0.05) is 6.07 Å². The monoisotopic (exact) mass is 271 g/mol. The average molecular weight is 271 g/mol. The van der Waals surface area contributed by atoms with Gasteiger partial charge in [-0.25, -0.2) is 4.90 Å². The number of amides is 2. The summed E-state index contributed by atoms with van der Waals surface area (Å²) in [4.78, 5) is 26.2. The highest BCUT2D eigenvalue weighted by Gasteiger charge is 2.59. The zero-order valence-corrected chi connectivity index (χ0v) is 10.9. The van der Waals surface area contributed by atoms with Crippen molar-refractivity contribution in [1.29, 1.82) is 0 Å². The molecular formula is C14H13N3O3. The van der Waals surface area contributed by atoms with Crippen molar-refractivity contribution in [3.63, 3.8) is 0 Å². The van der Waals surface area contributed by atoms with E-state index >= 15 is 0 Å². The number of ether oxygens (including phenoxy) is 1. The van der Waals surface area contributed by atoms with Gasteiger partial charge in [0.15, 0.2) is 5.82 Å². The van der Waals surface area contributed by atoms with E-state index in [0.717, 1.165) is 6.42 Å². The Kier molecular flexibility index (Phi) is 2.24. The number of imide groups is 1. The first-order valence-electron chi connectivity index (χ1n) is 6.64. The lowest BCUT2D eigenvalue weighted by Gasteiger charge is -2.15. The maximum absolute atomic E-state index is 12.5. The number of hydrogen-bond acceptors (Lipinski definition) is 5. The molecule has 2 bridgehead atoms. The number of carbonyl (C=O) groups is 2. The lowest BCUT2D eigenvalue weighted by molar-refractivity contribution is -0.123. The van der Waals surface area contributed by atoms with Gasteiger partial charge < -0.3 is 4.74 Å². The Balaban J connectivity index is 1.70. The van der Waals surface area contributed by atoms with Gasteiger partial charge >= 0.3 is 0 Å². The molecule has 0 unspecified atom stereocenters. The standard InChI is InChI=1S/C14H13N3O3/c1-20-10-5-4-9(15-16-10)17-13(18)11-7-2-3-8(6-7)12(11)14(17)19/h2-5,7-8,11-12H,6H2,1H3/t7-,8-,11-,12+/m0/s1. The van der Waals surface area contributed by atoms with Crippen LogP contribution in [0.4, 0.5) is 5.82 Å². The fourth-order valence-corrected chi connectivity index (χ4v) is 3.67. The summed E-state index contributed by atoms with van der Waals surface area (Å²) in [5, 5.41) is 7.74. The van der Waals surface area contributed by atoms with Crippen LogP contribution in [-0.4, -0.2) is 29.1 Å². The number of rotatable bonds is 2. The van der Waals surface area contributed by atoms with Crippen LogP contribution in [0.3, 0.4) is 0 Å². The third-order valence-electron chi connectivity index (χ3n) is 4.53. The van der Waals surface area contributed by atoms with Crippen molar-refractivity contribution >= 4 is 17.6 Å². The summed E-state index contributed by atoms with van der Waals surface area (Å²) in [6, 6.07) is 3.20. The molecule has 2 fully saturated rings. The normalized spacial score (nSPS) is 34.0. The molecule has 1 aromatic rings. The molecule has 2 heterocycles. The minimum Gasteiger partial charge on any atom is -0.480 e. The molecule has 20 heavy (non-hydrogen) atoms. The second-order valence-electron chi connectivity index (χ2n) is 5.45. The molecule has 4 atom stereocenters. The Bertz CT molecular complexity index is 595. The van der Waals surface area contributed by atoms with E-state index in [4.69, 9.17) is 4.74 Å². The zero-order chi connectivity index (χ0) is 13.9. The second kappa shape index (κ2) is 3.88. The molecule has 0 N–H and O–H groups in total. The maximum Gasteiger partial charge on any atom is 0.239 e. The summed E-state index contributed by atoms with van der Waals surface area (Å²) >= 11 is 0. The van der Waals surface area contributed by atoms with Crippen LogP contribution >= 0.6 is 0 Å². The molecule has 1 saturated carbocycles. The molecule has 6 nitrogen and oxygen atoms in total. The summed E-state index contributed by atoms with van der Waals surface area (Å²) < 4.78 is 4.93. The fraction of sp³-hybridized carbons (Fsp3) is 0.429. The average Bonchev–Trinajstić information content (AvgIpc) is 3.14. The third kappa shape index (κ3) is 1.33. The number of methoxy groups -OCH3 is 1. The van der Waals surface area contributed by atoms with Crippen molar-refractivity contribution < 1.29 is 14.3 Å². The van der Waals surface area contributed by atoms with Gasteiger partial charge in [-0.1, -0.05) is 12.2 Å². The predicted molar refractivity (Wildman–Crippen MR) is 68.8 cm³/mol. The summed E-state index contributed by atoms with van der Waals surface area (Å²) in [5.41, 5.74) is 0. The van der Waals surface area contributed by atoms with E-state index in [2.05, 4.69) is 22.3 Å². The Morgan fingerprint density at radius 1 is 1.10 bits per heavy atom. The molecular weight excluding hydrogens is 258 g/mol. The molecule has 2 aliphatic carbocycles. The molecule has 4 rings (SSSR count). The summed E-state index contributed by atoms with van der Waals surface area (Å²) in [6.45, 7) is 0. The van der Waals surface area contributed by atoms with E-state index in [1.807, 2.05) is 0 Å². The topological polar surface area (TPSA) is 72.4 Å². The fourth-order valence-electron chi connectivity index (χ4n) is 3.67. The van der Waals surface area contributed by atoms with Crippen LogP contribution in [-0.2, 0) is 9.59 Å². The van der Waals surface area contributed by atoms with Crippen LogP contribution in [0.25, 0.3) is 0 Å². The Hall–Kier alpha value is -2.24. The van der Waals surface area contributed by atoms with Crippen LogP contribution < -0.4 is 9.64 Å². The van der Waals surface area contributed by atoms with Crippen molar-refractivity contribution in [2.45, 2.75) is 6.42 Å². The maximum atomic E-state index is 12.5. The molecule has 1 saturated heterocycles. The van der Waals surface area contributed by atoms with Gasteiger partial charge in [0.1, 0.15) is 0 Å². The highest BCUT2D eigenvalue weighted by Crippen LogP contribution is 2.52. The molecule has 3 aliphatic rings. The summed E-state index contributed by atoms with van der Waals surface area (Å²) in [7, 11) is 1.49. The summed E-state index contributed by atoms with van der Waals surface area (Å²) in [5.74, 6) is 0.357. The number of anilines is 1. The van der Waals surface area contributed by atoms with Crippen molar-refractivity contribution in [1.82, 2.24) is 10.2 Å². The van der Waals surface area contributed by atoms with Gasteiger partial charge in [-0.3, -0.25) is 9.59 Å². The number of aromatic nitrogens is 2. The smallest absolute Gasteiger partial charge is 0.239 e. The lowest BCUT2D eigenvalue weighted by atomic mass is 9.85. The largest absolute Gasteiger partial charge is 0.480 e. The van der Waals surface area contributed by atoms with Gasteiger partial charge in [0.25, 0.3) is 0 Å². The van der Waals surface area contributed by atoms with E-state index in [0.29, 0.717) is 5.88 Å². The van der Waals surface area contributed by atoms with Gasteiger partial charge in [0.2, 0.25) is 17.7 Å². The summed E-state index contributed by atoms with van der Waals surface area (Å²) in [6.07, 6.45) is 5.06. The van der Waals surface area contributed by atoms with Crippen LogP contribution in [0.2, 0.25) is 0 Å². The van der Waals surface area contributed by atoms with Gasteiger partial charge in [-0.15, -0.1) is 10.2 Å². The molecule has 1 aliphatic heterocycles. The Labute approximate surface area is 115 Å². The highest BCUT2D eigenvalue weighted by atomic mass is 16.5. The number of carbonyl (C=O) groups excluding carboxylic acids is 2. The quantitative estimate of drug-likeness (QED) is 0.587. The van der Waals surface area contributed by atoms with Crippen molar-refractivity contribution in [2.75, 3.05) is 12.0 Å². The molecule has 0 spiro atoms. The van der Waals surface area contributed by atoms with E-state index in [-0.39, 0.29) is 41.3 Å². The number of allylic oxidation sites excluding steroid dienone is 2. The first kappa shape index (κ1) is 11.6. The third-order valence-corrected chi connectivity index (χ3v) is 4.53. The Morgan fingerprint density at radius 3 is 2.25 bits per heavy atom. The molecule has 1 aromatic heterocycles. The first-order valence-corrected chi connectivity index (χ1v) is 6.64. The van der Waals surface area contributed by atoms with E-state index in [1.165, 1.54) is 12.0 Å². The molecule has 0 aromatic carbocycles. The zero-order valence-electron chi connectivity index (χ0n) is 10.9. The van der Waals surface area contributed by atoms with E-state index in [1.54, 1.807) is 12.1 Å². The minimum absolute atomic E-state index is 0.142. The molecule has 0 radical (unpaired) electrons. The lowest BCUT2D eigenvalue weighted by Crippen LogP contribution is -2.33. The first-order chi connectivity index (χ1) is 9.70. The van der Waals surface area contributed by atoms with E-state index in [9.17, 15) is 9.59 Å². The second-order valence-corrected chi connectivity index (χ2v) is 5.45. The van der Waals surface area contributed by atoms with Gasteiger partial charge in [0.05, 0.1) is 18.9 Å². The predicted octanol–water partition coefficient (Wildman–Crippen LogP) is 0.797. The van der Waals surface area contributed by atoms with Crippen LogP contribution in [0.15, 0.2) is 24.3 Å². The molecule has 102 valence electrons. The van der Waals surface area contributed by atoms with Gasteiger partial charge in [-0.05, 0) is 24.3 Å². The minimum atomic E-state index is -0.207. The van der Waals surface area contributed by atoms with Crippen molar-refractivity contribution in [3.05, 3.63) is 24.3 Å². The number of nitrogens with zero attached hydrogens (tertiary/aromatic N) is 3.